The first-order chi connectivity index (χ1) is 14.8. The van der Waals surface area contributed by atoms with E-state index in [2.05, 4.69) is 15.4 Å². The molecule has 0 fully saturated rings. The number of amides is 1. The second-order valence-electron chi connectivity index (χ2n) is 7.32. The highest BCUT2D eigenvalue weighted by atomic mass is 35.5. The summed E-state index contributed by atoms with van der Waals surface area (Å²) in [4.78, 5) is 26.7. The molecule has 4 rings (SSSR count). The molecule has 0 aliphatic heterocycles. The summed E-state index contributed by atoms with van der Waals surface area (Å²) in [5.74, 6) is -0.211. The Bertz CT molecular complexity index is 1310. The molecule has 0 radical (unpaired) electrons. The molecule has 0 saturated carbocycles. The van der Waals surface area contributed by atoms with Gasteiger partial charge in [0.2, 0.25) is 0 Å². The SMILES string of the molecule is Cc1nn(Cc2cccc(C(=O)NCc3c[nH]c4ccc(Cl)cc34)c2)c(C)c1[N+](=O)[O-]. The molecule has 8 nitrogen and oxygen atoms in total. The lowest BCUT2D eigenvalue weighted by Gasteiger charge is -2.08. The van der Waals surface area contributed by atoms with Crippen LogP contribution in [0.2, 0.25) is 5.02 Å². The third kappa shape index (κ3) is 4.15. The van der Waals surface area contributed by atoms with Crippen molar-refractivity contribution in [1.82, 2.24) is 20.1 Å². The molecule has 31 heavy (non-hydrogen) atoms. The Morgan fingerprint density at radius 2 is 2.06 bits per heavy atom. The minimum Gasteiger partial charge on any atom is -0.361 e. The minimum atomic E-state index is -0.421. The van der Waals surface area contributed by atoms with Gasteiger partial charge in [-0.1, -0.05) is 23.7 Å². The number of carbonyl (C=O) groups is 1. The molecule has 0 atom stereocenters. The van der Waals surface area contributed by atoms with Gasteiger partial charge >= 0.3 is 5.69 Å². The van der Waals surface area contributed by atoms with Gasteiger partial charge in [-0.3, -0.25) is 19.6 Å². The molecule has 0 aliphatic carbocycles. The Kier molecular flexibility index (Phi) is 5.48. The van der Waals surface area contributed by atoms with Crippen LogP contribution in [0.15, 0.2) is 48.7 Å². The Morgan fingerprint density at radius 3 is 2.81 bits per heavy atom. The molecule has 158 valence electrons. The average Bonchev–Trinajstić information content (AvgIpc) is 3.25. The highest BCUT2D eigenvalue weighted by Crippen LogP contribution is 2.24. The molecule has 0 bridgehead atoms. The average molecular weight is 438 g/mol. The molecule has 0 unspecified atom stereocenters. The number of hydrogen-bond acceptors (Lipinski definition) is 4. The zero-order valence-corrected chi connectivity index (χ0v) is 17.7. The van der Waals surface area contributed by atoms with Crippen LogP contribution in [0.4, 0.5) is 5.69 Å². The first-order valence-corrected chi connectivity index (χ1v) is 10.0. The summed E-state index contributed by atoms with van der Waals surface area (Å²) in [6.45, 7) is 3.97. The van der Waals surface area contributed by atoms with Crippen molar-refractivity contribution in [3.63, 3.8) is 0 Å². The van der Waals surface area contributed by atoms with E-state index < -0.39 is 4.92 Å². The Hall–Kier alpha value is -3.65. The third-order valence-electron chi connectivity index (χ3n) is 5.22. The molecule has 2 aromatic heterocycles. The van der Waals surface area contributed by atoms with E-state index in [4.69, 9.17) is 11.6 Å². The van der Waals surface area contributed by atoms with Gasteiger partial charge in [-0.05, 0) is 55.3 Å². The van der Waals surface area contributed by atoms with Crippen molar-refractivity contribution in [2.24, 2.45) is 0 Å². The number of halogens is 1. The molecule has 4 aromatic rings. The maximum atomic E-state index is 12.7. The third-order valence-corrected chi connectivity index (χ3v) is 5.45. The van der Waals surface area contributed by atoms with Crippen molar-refractivity contribution in [1.29, 1.82) is 0 Å². The van der Waals surface area contributed by atoms with Crippen molar-refractivity contribution in [3.8, 4) is 0 Å². The van der Waals surface area contributed by atoms with Crippen LogP contribution in [0, 0.1) is 24.0 Å². The van der Waals surface area contributed by atoms with E-state index in [0.29, 0.717) is 35.1 Å². The van der Waals surface area contributed by atoms with E-state index in [1.807, 2.05) is 30.5 Å². The molecule has 9 heteroatoms. The molecule has 0 spiro atoms. The van der Waals surface area contributed by atoms with Gasteiger partial charge < -0.3 is 10.3 Å². The van der Waals surface area contributed by atoms with E-state index in [1.54, 1.807) is 36.7 Å². The van der Waals surface area contributed by atoms with Crippen molar-refractivity contribution in [2.45, 2.75) is 26.9 Å². The number of aromatic amines is 1. The minimum absolute atomic E-state index is 0.0210. The molecular weight excluding hydrogens is 418 g/mol. The normalized spacial score (nSPS) is 11.1. The van der Waals surface area contributed by atoms with Crippen LogP contribution in [0.1, 0.15) is 32.9 Å². The molecule has 2 N–H and O–H groups in total. The number of hydrogen-bond donors (Lipinski definition) is 2. The Morgan fingerprint density at radius 1 is 1.26 bits per heavy atom. The van der Waals surface area contributed by atoms with Gasteiger partial charge in [0.05, 0.1) is 11.5 Å². The standard InChI is InChI=1S/C22H20ClN5O3/c1-13-21(28(30)31)14(2)27(26-13)12-15-4-3-5-16(8-15)22(29)25-11-17-10-24-20-7-6-18(23)9-19(17)20/h3-10,24H,11-12H2,1-2H3,(H,25,29). The zero-order chi connectivity index (χ0) is 22.1. The van der Waals surface area contributed by atoms with Crippen LogP contribution < -0.4 is 5.32 Å². The lowest BCUT2D eigenvalue weighted by Crippen LogP contribution is -2.22. The van der Waals surface area contributed by atoms with Crippen LogP contribution in [-0.4, -0.2) is 25.6 Å². The molecule has 0 saturated heterocycles. The lowest BCUT2D eigenvalue weighted by atomic mass is 10.1. The second kappa shape index (κ2) is 8.23. The van der Waals surface area contributed by atoms with Gasteiger partial charge in [-0.2, -0.15) is 5.10 Å². The number of H-pyrrole nitrogens is 1. The van der Waals surface area contributed by atoms with Gasteiger partial charge in [0.25, 0.3) is 5.91 Å². The predicted octanol–water partition coefficient (Wildman–Crippen LogP) is 4.52. The molecule has 2 heterocycles. The van der Waals surface area contributed by atoms with Crippen molar-refractivity contribution in [3.05, 3.63) is 91.9 Å². The molecule has 0 aliphatic rings. The first-order valence-electron chi connectivity index (χ1n) is 9.64. The number of carbonyl (C=O) groups excluding carboxylic acids is 1. The van der Waals surface area contributed by atoms with Crippen molar-refractivity contribution < 1.29 is 9.72 Å². The number of aromatic nitrogens is 3. The highest BCUT2D eigenvalue weighted by Gasteiger charge is 2.21. The predicted molar refractivity (Wildman–Crippen MR) is 118 cm³/mol. The van der Waals surface area contributed by atoms with Gasteiger partial charge in [-0.15, -0.1) is 0 Å². The fourth-order valence-electron chi connectivity index (χ4n) is 3.66. The number of nitrogens with one attached hydrogen (secondary N) is 2. The number of fused-ring (bicyclic) bond motifs is 1. The maximum Gasteiger partial charge on any atom is 0.312 e. The summed E-state index contributed by atoms with van der Waals surface area (Å²) in [6, 6.07) is 12.7. The van der Waals surface area contributed by atoms with Crippen LogP contribution >= 0.6 is 11.6 Å². The number of nitrogens with zero attached hydrogens (tertiary/aromatic N) is 3. The van der Waals surface area contributed by atoms with Crippen LogP contribution in [0.3, 0.4) is 0 Å². The number of benzene rings is 2. The molecule has 1 amide bonds. The largest absolute Gasteiger partial charge is 0.361 e. The lowest BCUT2D eigenvalue weighted by molar-refractivity contribution is -0.386. The smallest absolute Gasteiger partial charge is 0.312 e. The second-order valence-corrected chi connectivity index (χ2v) is 7.76. The van der Waals surface area contributed by atoms with E-state index in [9.17, 15) is 14.9 Å². The zero-order valence-electron chi connectivity index (χ0n) is 17.0. The van der Waals surface area contributed by atoms with Crippen molar-refractivity contribution in [2.75, 3.05) is 0 Å². The molecular formula is C22H20ClN5O3. The molecule has 2 aromatic carbocycles. The van der Waals surface area contributed by atoms with Crippen LogP contribution in [0.5, 0.6) is 0 Å². The summed E-state index contributed by atoms with van der Waals surface area (Å²) < 4.78 is 1.58. The number of nitro groups is 1. The maximum absolute atomic E-state index is 12.7. The van der Waals surface area contributed by atoms with Gasteiger partial charge in [0.1, 0.15) is 11.4 Å². The monoisotopic (exact) mass is 437 g/mol. The fraction of sp³-hybridized carbons (Fsp3) is 0.182. The van der Waals surface area contributed by atoms with Crippen LogP contribution in [-0.2, 0) is 13.1 Å². The van der Waals surface area contributed by atoms with Gasteiger partial charge in [-0.25, -0.2) is 0 Å². The summed E-state index contributed by atoms with van der Waals surface area (Å²) in [6.07, 6.45) is 1.85. The fourth-order valence-corrected chi connectivity index (χ4v) is 3.84. The van der Waals surface area contributed by atoms with Crippen molar-refractivity contribution >= 4 is 34.1 Å². The highest BCUT2D eigenvalue weighted by molar-refractivity contribution is 6.31. The Labute approximate surface area is 183 Å². The first kappa shape index (κ1) is 20.6. The number of aryl methyl sites for hydroxylation is 1. The van der Waals surface area contributed by atoms with E-state index in [1.165, 1.54) is 0 Å². The van der Waals surface area contributed by atoms with Gasteiger partial charge in [0, 0.05) is 34.2 Å². The van der Waals surface area contributed by atoms with Gasteiger partial charge in [0.15, 0.2) is 0 Å². The summed E-state index contributed by atoms with van der Waals surface area (Å²) >= 11 is 6.08. The topological polar surface area (TPSA) is 106 Å². The van der Waals surface area contributed by atoms with E-state index in [-0.39, 0.29) is 11.6 Å². The van der Waals surface area contributed by atoms with E-state index >= 15 is 0 Å². The quantitative estimate of drug-likeness (QED) is 0.341. The summed E-state index contributed by atoms with van der Waals surface area (Å²) in [5.41, 5.74) is 4.10. The Balaban J connectivity index is 1.49. The summed E-state index contributed by atoms with van der Waals surface area (Å²) in [7, 11) is 0. The van der Waals surface area contributed by atoms with Crippen LogP contribution in [0.25, 0.3) is 10.9 Å². The summed E-state index contributed by atoms with van der Waals surface area (Å²) in [5, 5.41) is 20.0. The van der Waals surface area contributed by atoms with E-state index in [0.717, 1.165) is 22.0 Å². The number of rotatable bonds is 6.